The molecule has 0 heterocycles. The van der Waals surface area contributed by atoms with Gasteiger partial charge in [0.05, 0.1) is 0 Å². The second-order valence-corrected chi connectivity index (χ2v) is 3.72. The lowest BCUT2D eigenvalue weighted by Crippen LogP contribution is -2.24. The third-order valence-electron chi connectivity index (χ3n) is 2.49. The smallest absolute Gasteiger partial charge is 0.123 e. The zero-order valence-corrected chi connectivity index (χ0v) is 9.04. The van der Waals surface area contributed by atoms with Crippen LogP contribution in [0.3, 0.4) is 0 Å². The Hall–Kier alpha value is -0.930. The lowest BCUT2D eigenvalue weighted by Gasteiger charge is -2.12. The SMILES string of the molecule is CCC(CO)CNCc1cccc(F)c1. The van der Waals surface area contributed by atoms with E-state index >= 15 is 0 Å². The van der Waals surface area contributed by atoms with E-state index in [0.717, 1.165) is 18.5 Å². The quantitative estimate of drug-likeness (QED) is 0.753. The van der Waals surface area contributed by atoms with Crippen LogP contribution in [-0.4, -0.2) is 18.3 Å². The highest BCUT2D eigenvalue weighted by molar-refractivity contribution is 5.15. The largest absolute Gasteiger partial charge is 0.396 e. The van der Waals surface area contributed by atoms with Gasteiger partial charge in [-0.05, 0) is 30.0 Å². The van der Waals surface area contributed by atoms with Gasteiger partial charge in [0.15, 0.2) is 0 Å². The molecule has 0 aliphatic carbocycles. The second kappa shape index (κ2) is 6.53. The van der Waals surface area contributed by atoms with E-state index in [0.29, 0.717) is 12.5 Å². The van der Waals surface area contributed by atoms with E-state index in [-0.39, 0.29) is 12.4 Å². The maximum Gasteiger partial charge on any atom is 0.123 e. The minimum absolute atomic E-state index is 0.201. The first-order valence-corrected chi connectivity index (χ1v) is 5.32. The van der Waals surface area contributed by atoms with E-state index in [1.54, 1.807) is 6.07 Å². The Bertz CT molecular complexity index is 287. The molecule has 0 amide bonds. The van der Waals surface area contributed by atoms with Crippen LogP contribution < -0.4 is 5.32 Å². The van der Waals surface area contributed by atoms with Gasteiger partial charge in [-0.25, -0.2) is 4.39 Å². The van der Waals surface area contributed by atoms with Crippen molar-refractivity contribution in [3.05, 3.63) is 35.6 Å². The number of benzene rings is 1. The lowest BCUT2D eigenvalue weighted by molar-refractivity contribution is 0.218. The fraction of sp³-hybridized carbons (Fsp3) is 0.500. The summed E-state index contributed by atoms with van der Waals surface area (Å²) in [6.45, 7) is 3.66. The van der Waals surface area contributed by atoms with Crippen LogP contribution in [0.15, 0.2) is 24.3 Å². The Kier molecular flexibility index (Phi) is 5.29. The minimum atomic E-state index is -0.205. The van der Waals surface area contributed by atoms with Crippen LogP contribution in [0.5, 0.6) is 0 Å². The van der Waals surface area contributed by atoms with Crippen LogP contribution in [0, 0.1) is 11.7 Å². The first-order valence-electron chi connectivity index (χ1n) is 5.32. The van der Waals surface area contributed by atoms with Gasteiger partial charge in [0, 0.05) is 19.7 Å². The van der Waals surface area contributed by atoms with Crippen molar-refractivity contribution in [2.24, 2.45) is 5.92 Å². The molecule has 2 N–H and O–H groups in total. The Morgan fingerprint density at radius 1 is 1.47 bits per heavy atom. The van der Waals surface area contributed by atoms with Gasteiger partial charge in [-0.2, -0.15) is 0 Å². The predicted molar refractivity (Wildman–Crippen MR) is 59.0 cm³/mol. The van der Waals surface area contributed by atoms with Crippen LogP contribution >= 0.6 is 0 Å². The molecule has 1 rings (SSSR count). The molecule has 0 saturated carbocycles. The first-order chi connectivity index (χ1) is 7.26. The van der Waals surface area contributed by atoms with E-state index in [2.05, 4.69) is 5.32 Å². The molecule has 84 valence electrons. The zero-order valence-electron chi connectivity index (χ0n) is 9.04. The normalized spacial score (nSPS) is 12.7. The fourth-order valence-corrected chi connectivity index (χ4v) is 1.41. The summed E-state index contributed by atoms with van der Waals surface area (Å²) < 4.78 is 12.8. The summed E-state index contributed by atoms with van der Waals surface area (Å²) in [5.41, 5.74) is 0.933. The molecule has 0 spiro atoms. The van der Waals surface area contributed by atoms with Gasteiger partial charge >= 0.3 is 0 Å². The van der Waals surface area contributed by atoms with Crippen LogP contribution in [0.2, 0.25) is 0 Å². The fourth-order valence-electron chi connectivity index (χ4n) is 1.41. The molecule has 2 nitrogen and oxygen atoms in total. The molecule has 0 aliphatic heterocycles. The lowest BCUT2D eigenvalue weighted by atomic mass is 10.1. The maximum atomic E-state index is 12.8. The van der Waals surface area contributed by atoms with Crippen molar-refractivity contribution in [2.75, 3.05) is 13.2 Å². The number of hydrogen-bond donors (Lipinski definition) is 2. The highest BCUT2D eigenvalue weighted by Gasteiger charge is 2.03. The monoisotopic (exact) mass is 211 g/mol. The summed E-state index contributed by atoms with van der Waals surface area (Å²) in [5.74, 6) is 0.0852. The highest BCUT2D eigenvalue weighted by Crippen LogP contribution is 2.04. The summed E-state index contributed by atoms with van der Waals surface area (Å²) in [7, 11) is 0. The number of halogens is 1. The Morgan fingerprint density at radius 3 is 2.87 bits per heavy atom. The van der Waals surface area contributed by atoms with Gasteiger partial charge in [-0.1, -0.05) is 19.1 Å². The molecule has 15 heavy (non-hydrogen) atoms. The third-order valence-corrected chi connectivity index (χ3v) is 2.49. The van der Waals surface area contributed by atoms with E-state index in [4.69, 9.17) is 5.11 Å². The molecule has 0 saturated heterocycles. The first kappa shape index (κ1) is 12.1. The highest BCUT2D eigenvalue weighted by atomic mass is 19.1. The van der Waals surface area contributed by atoms with Crippen LogP contribution in [0.4, 0.5) is 4.39 Å². The summed E-state index contributed by atoms with van der Waals surface area (Å²) in [4.78, 5) is 0. The van der Waals surface area contributed by atoms with Crippen molar-refractivity contribution >= 4 is 0 Å². The standard InChI is InChI=1S/C12H18FNO/c1-2-10(9-15)7-14-8-11-4-3-5-12(13)6-11/h3-6,10,14-15H,2,7-9H2,1H3. The Balaban J connectivity index is 2.31. The van der Waals surface area contributed by atoms with Gasteiger partial charge in [0.1, 0.15) is 5.82 Å². The topological polar surface area (TPSA) is 32.3 Å². The van der Waals surface area contributed by atoms with E-state index in [1.165, 1.54) is 12.1 Å². The molecule has 1 aromatic rings. The number of aliphatic hydroxyl groups excluding tert-OH is 1. The van der Waals surface area contributed by atoms with Gasteiger partial charge in [0.2, 0.25) is 0 Å². The third kappa shape index (κ3) is 4.40. The summed E-state index contributed by atoms with van der Waals surface area (Å²) in [6.07, 6.45) is 0.951. The second-order valence-electron chi connectivity index (χ2n) is 3.72. The molecule has 0 radical (unpaired) electrons. The van der Waals surface area contributed by atoms with Gasteiger partial charge < -0.3 is 10.4 Å². The van der Waals surface area contributed by atoms with Crippen molar-refractivity contribution in [1.29, 1.82) is 0 Å². The molecule has 1 unspecified atom stereocenters. The molecule has 0 fully saturated rings. The predicted octanol–water partition coefficient (Wildman–Crippen LogP) is 1.93. The summed E-state index contributed by atoms with van der Waals surface area (Å²) >= 11 is 0. The molecule has 1 atom stereocenters. The van der Waals surface area contributed by atoms with Crippen LogP contribution in [-0.2, 0) is 6.54 Å². The number of rotatable bonds is 6. The summed E-state index contributed by atoms with van der Waals surface area (Å²) in [5, 5.41) is 12.2. The van der Waals surface area contributed by atoms with Crippen LogP contribution in [0.1, 0.15) is 18.9 Å². The summed E-state index contributed by atoms with van der Waals surface area (Å²) in [6, 6.07) is 6.55. The zero-order chi connectivity index (χ0) is 11.1. The minimum Gasteiger partial charge on any atom is -0.396 e. The van der Waals surface area contributed by atoms with E-state index < -0.39 is 0 Å². The van der Waals surface area contributed by atoms with Crippen molar-refractivity contribution in [1.82, 2.24) is 5.32 Å². The van der Waals surface area contributed by atoms with Crippen molar-refractivity contribution in [3.8, 4) is 0 Å². The molecule has 0 aliphatic rings. The van der Waals surface area contributed by atoms with E-state index in [1.807, 2.05) is 13.0 Å². The average Bonchev–Trinajstić information content (AvgIpc) is 2.25. The Morgan fingerprint density at radius 2 is 2.27 bits per heavy atom. The molecule has 1 aromatic carbocycles. The van der Waals surface area contributed by atoms with Gasteiger partial charge in [0.25, 0.3) is 0 Å². The average molecular weight is 211 g/mol. The van der Waals surface area contributed by atoms with Gasteiger partial charge in [-0.15, -0.1) is 0 Å². The van der Waals surface area contributed by atoms with Crippen LogP contribution in [0.25, 0.3) is 0 Å². The maximum absolute atomic E-state index is 12.8. The van der Waals surface area contributed by atoms with Crippen molar-refractivity contribution in [2.45, 2.75) is 19.9 Å². The molecule has 0 aromatic heterocycles. The van der Waals surface area contributed by atoms with E-state index in [9.17, 15) is 4.39 Å². The van der Waals surface area contributed by atoms with Gasteiger partial charge in [-0.3, -0.25) is 0 Å². The number of nitrogens with one attached hydrogen (secondary N) is 1. The van der Waals surface area contributed by atoms with Crippen molar-refractivity contribution in [3.63, 3.8) is 0 Å². The molecular formula is C12H18FNO. The molecule has 0 bridgehead atoms. The molecular weight excluding hydrogens is 193 g/mol. The number of hydrogen-bond acceptors (Lipinski definition) is 2. The van der Waals surface area contributed by atoms with Crippen molar-refractivity contribution < 1.29 is 9.50 Å². The molecule has 3 heteroatoms. The Labute approximate surface area is 90.1 Å². The number of aliphatic hydroxyl groups is 1.